The Bertz CT molecular complexity index is 1350. The van der Waals surface area contributed by atoms with Crippen molar-refractivity contribution in [3.05, 3.63) is 101 Å². The van der Waals surface area contributed by atoms with Crippen molar-refractivity contribution in [3.63, 3.8) is 0 Å². The van der Waals surface area contributed by atoms with Crippen molar-refractivity contribution in [2.24, 2.45) is 0 Å². The number of hydrogen-bond donors (Lipinski definition) is 2. The van der Waals surface area contributed by atoms with E-state index in [1.54, 1.807) is 23.1 Å². The molecule has 3 atom stereocenters. The van der Waals surface area contributed by atoms with Gasteiger partial charge in [-0.05, 0) is 54.1 Å². The quantitative estimate of drug-likeness (QED) is 0.555. The van der Waals surface area contributed by atoms with Gasteiger partial charge in [0.15, 0.2) is 0 Å². The van der Waals surface area contributed by atoms with Crippen LogP contribution in [-0.2, 0) is 4.79 Å². The van der Waals surface area contributed by atoms with E-state index in [9.17, 15) is 23.5 Å². The SMILES string of the molecule is O=C(Nc1ccccc1F)N1CC(=O)N2[C@H](CO)[C@H](c3ccc(C#Cc4ccc(F)cc4)cc3)[C@H]2C1. The first-order valence-corrected chi connectivity index (χ1v) is 11.5. The fraction of sp³-hybridized carbons (Fsp3) is 0.214. The van der Waals surface area contributed by atoms with E-state index in [2.05, 4.69) is 17.2 Å². The number of amides is 3. The zero-order valence-electron chi connectivity index (χ0n) is 19.2. The molecule has 8 heteroatoms. The molecule has 6 nitrogen and oxygen atoms in total. The highest BCUT2D eigenvalue weighted by atomic mass is 19.1. The minimum Gasteiger partial charge on any atom is -0.394 e. The van der Waals surface area contributed by atoms with Crippen molar-refractivity contribution in [3.8, 4) is 11.8 Å². The van der Waals surface area contributed by atoms with E-state index in [1.807, 2.05) is 24.3 Å². The summed E-state index contributed by atoms with van der Waals surface area (Å²) >= 11 is 0. The highest BCUT2D eigenvalue weighted by molar-refractivity contribution is 5.94. The lowest BCUT2D eigenvalue weighted by molar-refractivity contribution is -0.159. The summed E-state index contributed by atoms with van der Waals surface area (Å²) in [6.45, 7) is -0.0717. The highest BCUT2D eigenvalue weighted by Crippen LogP contribution is 2.43. The van der Waals surface area contributed by atoms with Crippen LogP contribution in [0, 0.1) is 23.5 Å². The van der Waals surface area contributed by atoms with Crippen LogP contribution in [0.15, 0.2) is 72.8 Å². The number of nitrogens with zero attached hydrogens (tertiary/aromatic N) is 2. The van der Waals surface area contributed by atoms with Crippen LogP contribution in [0.3, 0.4) is 0 Å². The minimum atomic E-state index is -0.555. The smallest absolute Gasteiger partial charge is 0.322 e. The molecule has 0 aromatic heterocycles. The number of carbonyl (C=O) groups excluding carboxylic acids is 2. The Morgan fingerprint density at radius 2 is 1.61 bits per heavy atom. The molecule has 2 aliphatic heterocycles. The molecular formula is C28H23F2N3O3. The first-order chi connectivity index (χ1) is 17.4. The third-order valence-corrected chi connectivity index (χ3v) is 6.65. The molecule has 2 N–H and O–H groups in total. The first kappa shape index (κ1) is 23.5. The second kappa shape index (κ2) is 9.80. The summed E-state index contributed by atoms with van der Waals surface area (Å²) in [6.07, 6.45) is 0. The predicted molar refractivity (Wildman–Crippen MR) is 130 cm³/mol. The van der Waals surface area contributed by atoms with Crippen molar-refractivity contribution in [1.82, 2.24) is 9.80 Å². The van der Waals surface area contributed by atoms with Crippen molar-refractivity contribution >= 4 is 17.6 Å². The number of para-hydroxylation sites is 1. The summed E-state index contributed by atoms with van der Waals surface area (Å²) in [5.74, 6) is 4.74. The van der Waals surface area contributed by atoms with Crippen LogP contribution in [0.4, 0.5) is 19.3 Å². The van der Waals surface area contributed by atoms with Gasteiger partial charge in [0.05, 0.1) is 24.4 Å². The number of aliphatic hydroxyl groups excluding tert-OH is 1. The summed E-state index contributed by atoms with van der Waals surface area (Å²) in [7, 11) is 0. The van der Waals surface area contributed by atoms with Crippen molar-refractivity contribution < 1.29 is 23.5 Å². The lowest BCUT2D eigenvalue weighted by atomic mass is 9.73. The van der Waals surface area contributed by atoms with Gasteiger partial charge in [-0.2, -0.15) is 0 Å². The number of rotatable bonds is 3. The first-order valence-electron chi connectivity index (χ1n) is 11.5. The van der Waals surface area contributed by atoms with Gasteiger partial charge in [0.2, 0.25) is 5.91 Å². The molecular weight excluding hydrogens is 464 g/mol. The molecule has 3 aromatic rings. The van der Waals surface area contributed by atoms with Crippen molar-refractivity contribution in [2.45, 2.75) is 18.0 Å². The normalized spacial score (nSPS) is 20.6. The van der Waals surface area contributed by atoms with E-state index in [-0.39, 0.29) is 55.1 Å². The lowest BCUT2D eigenvalue weighted by Crippen LogP contribution is -2.73. The second-order valence-corrected chi connectivity index (χ2v) is 8.81. The monoisotopic (exact) mass is 487 g/mol. The van der Waals surface area contributed by atoms with Crippen LogP contribution in [0.1, 0.15) is 22.6 Å². The predicted octanol–water partition coefficient (Wildman–Crippen LogP) is 3.57. The number of anilines is 1. The van der Waals surface area contributed by atoms with Gasteiger partial charge in [-0.15, -0.1) is 0 Å². The molecule has 182 valence electrons. The summed E-state index contributed by atoms with van der Waals surface area (Å²) < 4.78 is 27.0. The van der Waals surface area contributed by atoms with Crippen LogP contribution in [0.2, 0.25) is 0 Å². The van der Waals surface area contributed by atoms with Crippen LogP contribution in [0.5, 0.6) is 0 Å². The molecule has 0 spiro atoms. The number of halogens is 2. The van der Waals surface area contributed by atoms with Gasteiger partial charge in [-0.1, -0.05) is 36.1 Å². The highest BCUT2D eigenvalue weighted by Gasteiger charge is 2.54. The van der Waals surface area contributed by atoms with E-state index < -0.39 is 11.8 Å². The number of carbonyl (C=O) groups is 2. The molecule has 3 aromatic carbocycles. The molecule has 0 bridgehead atoms. The number of urea groups is 1. The number of hydrogen-bond acceptors (Lipinski definition) is 3. The Morgan fingerprint density at radius 1 is 0.972 bits per heavy atom. The van der Waals surface area contributed by atoms with Crippen molar-refractivity contribution in [2.75, 3.05) is 25.0 Å². The zero-order chi connectivity index (χ0) is 25.2. The fourth-order valence-electron chi connectivity index (χ4n) is 4.88. The van der Waals surface area contributed by atoms with Gasteiger partial charge in [0.1, 0.15) is 18.2 Å². The van der Waals surface area contributed by atoms with Crippen LogP contribution >= 0.6 is 0 Å². The van der Waals surface area contributed by atoms with Gasteiger partial charge in [0.25, 0.3) is 0 Å². The maximum absolute atomic E-state index is 14.0. The fourth-order valence-corrected chi connectivity index (χ4v) is 4.88. The number of benzene rings is 3. The van der Waals surface area contributed by atoms with E-state index in [1.165, 1.54) is 35.2 Å². The third-order valence-electron chi connectivity index (χ3n) is 6.65. The molecule has 36 heavy (non-hydrogen) atoms. The third kappa shape index (κ3) is 4.53. The minimum absolute atomic E-state index is 0.0492. The van der Waals surface area contributed by atoms with Gasteiger partial charge >= 0.3 is 6.03 Å². The van der Waals surface area contributed by atoms with Gasteiger partial charge in [0, 0.05) is 23.6 Å². The number of aliphatic hydroxyl groups is 1. The maximum atomic E-state index is 14.0. The summed E-state index contributed by atoms with van der Waals surface area (Å²) in [4.78, 5) is 28.6. The molecule has 0 saturated carbocycles. The van der Waals surface area contributed by atoms with E-state index >= 15 is 0 Å². The van der Waals surface area contributed by atoms with Gasteiger partial charge < -0.3 is 20.2 Å². The van der Waals surface area contributed by atoms with E-state index in [4.69, 9.17) is 0 Å². The van der Waals surface area contributed by atoms with E-state index in [0.717, 1.165) is 11.1 Å². The molecule has 2 heterocycles. The largest absolute Gasteiger partial charge is 0.394 e. The van der Waals surface area contributed by atoms with E-state index in [0.29, 0.717) is 5.56 Å². The Kier molecular flexibility index (Phi) is 6.40. The summed E-state index contributed by atoms with van der Waals surface area (Å²) in [5, 5.41) is 12.5. The maximum Gasteiger partial charge on any atom is 0.322 e. The topological polar surface area (TPSA) is 72.9 Å². The molecule has 0 aliphatic carbocycles. The molecule has 0 unspecified atom stereocenters. The van der Waals surface area contributed by atoms with Crippen molar-refractivity contribution in [1.29, 1.82) is 0 Å². The van der Waals surface area contributed by atoms with Crippen LogP contribution in [0.25, 0.3) is 0 Å². The molecule has 5 rings (SSSR count). The zero-order valence-corrected chi connectivity index (χ0v) is 19.2. The Balaban J connectivity index is 1.31. The van der Waals surface area contributed by atoms with Crippen LogP contribution in [-0.4, -0.2) is 58.6 Å². The number of fused-ring (bicyclic) bond motifs is 1. The number of piperazine rings is 1. The molecule has 0 radical (unpaired) electrons. The Labute approximate surface area is 207 Å². The van der Waals surface area contributed by atoms with Gasteiger partial charge in [-0.25, -0.2) is 13.6 Å². The average Bonchev–Trinajstić information content (AvgIpc) is 2.87. The molecule has 2 fully saturated rings. The summed E-state index contributed by atoms with van der Waals surface area (Å²) in [6, 6.07) is 18.1. The number of nitrogens with one attached hydrogen (secondary N) is 1. The lowest BCUT2D eigenvalue weighted by Gasteiger charge is -2.58. The van der Waals surface area contributed by atoms with Gasteiger partial charge in [-0.3, -0.25) is 4.79 Å². The average molecular weight is 488 g/mol. The molecule has 2 aliphatic rings. The summed E-state index contributed by atoms with van der Waals surface area (Å²) in [5.41, 5.74) is 2.44. The van der Waals surface area contributed by atoms with Crippen LogP contribution < -0.4 is 5.32 Å². The Morgan fingerprint density at radius 3 is 2.25 bits per heavy atom. The Hall–Kier alpha value is -4.22. The molecule has 2 saturated heterocycles. The molecule has 3 amide bonds. The second-order valence-electron chi connectivity index (χ2n) is 8.81. The standard InChI is InChI=1S/C28H23F2N3O3/c29-21-13-9-19(10-14-21)6-5-18-7-11-20(12-8-18)27-24-15-32(16-26(35)33(24)25(27)17-34)28(36)31-23-4-2-1-3-22(23)30/h1-4,7-14,24-25,27,34H,15-17H2,(H,31,36)/t24-,25-,27-/m1/s1.